The predicted octanol–water partition coefficient (Wildman–Crippen LogP) is 1.74. The van der Waals surface area contributed by atoms with Crippen LogP contribution in [-0.4, -0.2) is 16.8 Å². The van der Waals surface area contributed by atoms with Crippen LogP contribution in [0, 0.1) is 11.3 Å². The zero-order valence-corrected chi connectivity index (χ0v) is 8.35. The van der Waals surface area contributed by atoms with E-state index in [4.69, 9.17) is 5.11 Å². The molecular formula is C12H16O2. The maximum absolute atomic E-state index is 10.0. The first-order valence-electron chi connectivity index (χ1n) is 5.01. The Morgan fingerprint density at radius 1 is 1.43 bits per heavy atom. The fourth-order valence-electron chi connectivity index (χ4n) is 2.00. The monoisotopic (exact) mass is 192 g/mol. The normalized spacial score (nSPS) is 32.6. The smallest absolute Gasteiger partial charge is 0.0824 e. The Labute approximate surface area is 84.2 Å². The Morgan fingerprint density at radius 3 is 2.57 bits per heavy atom. The van der Waals surface area contributed by atoms with E-state index in [2.05, 4.69) is 0 Å². The Morgan fingerprint density at radius 2 is 2.07 bits per heavy atom. The van der Waals surface area contributed by atoms with E-state index in [1.807, 2.05) is 37.3 Å². The molecule has 1 saturated carbocycles. The summed E-state index contributed by atoms with van der Waals surface area (Å²) in [5, 5.41) is 19.1. The highest BCUT2D eigenvalue weighted by molar-refractivity contribution is 5.21. The van der Waals surface area contributed by atoms with Crippen molar-refractivity contribution in [2.45, 2.75) is 19.4 Å². The van der Waals surface area contributed by atoms with Gasteiger partial charge < -0.3 is 10.2 Å². The van der Waals surface area contributed by atoms with Crippen molar-refractivity contribution in [2.24, 2.45) is 11.3 Å². The molecule has 0 heterocycles. The SMILES string of the molecule is CC1(CO)CC1C(O)c1ccccc1. The molecule has 0 bridgehead atoms. The molecule has 1 aromatic carbocycles. The molecular weight excluding hydrogens is 176 g/mol. The summed E-state index contributed by atoms with van der Waals surface area (Å²) in [5.74, 6) is 0.217. The number of rotatable bonds is 3. The second-order valence-electron chi connectivity index (χ2n) is 4.48. The third kappa shape index (κ3) is 1.56. The molecule has 3 unspecified atom stereocenters. The number of hydrogen-bond acceptors (Lipinski definition) is 2. The van der Waals surface area contributed by atoms with Crippen molar-refractivity contribution in [1.29, 1.82) is 0 Å². The van der Waals surface area contributed by atoms with Gasteiger partial charge in [-0.3, -0.25) is 0 Å². The summed E-state index contributed by atoms with van der Waals surface area (Å²) in [6.07, 6.45) is 0.493. The second kappa shape index (κ2) is 3.37. The molecule has 14 heavy (non-hydrogen) atoms. The summed E-state index contributed by atoms with van der Waals surface area (Å²) >= 11 is 0. The van der Waals surface area contributed by atoms with Gasteiger partial charge in [-0.2, -0.15) is 0 Å². The van der Waals surface area contributed by atoms with Crippen molar-refractivity contribution in [3.8, 4) is 0 Å². The first kappa shape index (κ1) is 9.69. The quantitative estimate of drug-likeness (QED) is 0.765. The van der Waals surface area contributed by atoms with Gasteiger partial charge in [-0.15, -0.1) is 0 Å². The summed E-state index contributed by atoms with van der Waals surface area (Å²) in [6, 6.07) is 9.66. The zero-order chi connectivity index (χ0) is 10.2. The molecule has 0 amide bonds. The largest absolute Gasteiger partial charge is 0.396 e. The summed E-state index contributed by atoms with van der Waals surface area (Å²) in [4.78, 5) is 0. The lowest BCUT2D eigenvalue weighted by atomic mass is 9.99. The molecule has 1 aliphatic carbocycles. The second-order valence-corrected chi connectivity index (χ2v) is 4.48. The van der Waals surface area contributed by atoms with Gasteiger partial charge in [0.05, 0.1) is 6.10 Å². The minimum absolute atomic E-state index is 0.0603. The van der Waals surface area contributed by atoms with Crippen molar-refractivity contribution in [2.75, 3.05) is 6.61 Å². The minimum atomic E-state index is -0.423. The average Bonchev–Trinajstić information content (AvgIpc) is 2.92. The van der Waals surface area contributed by atoms with Crippen LogP contribution in [0.4, 0.5) is 0 Å². The molecule has 2 N–H and O–H groups in total. The third-order valence-electron chi connectivity index (χ3n) is 3.30. The first-order valence-corrected chi connectivity index (χ1v) is 5.01. The van der Waals surface area contributed by atoms with Crippen LogP contribution in [-0.2, 0) is 0 Å². The maximum atomic E-state index is 10.0. The zero-order valence-electron chi connectivity index (χ0n) is 8.35. The van der Waals surface area contributed by atoms with Crippen LogP contribution < -0.4 is 0 Å². The van der Waals surface area contributed by atoms with Gasteiger partial charge in [0, 0.05) is 6.61 Å². The Balaban J connectivity index is 2.08. The average molecular weight is 192 g/mol. The van der Waals surface area contributed by atoms with Gasteiger partial charge in [0.2, 0.25) is 0 Å². The fraction of sp³-hybridized carbons (Fsp3) is 0.500. The molecule has 0 spiro atoms. The van der Waals surface area contributed by atoms with Crippen molar-refractivity contribution >= 4 is 0 Å². The van der Waals surface area contributed by atoms with Gasteiger partial charge in [-0.1, -0.05) is 37.3 Å². The Kier molecular flexibility index (Phi) is 2.33. The van der Waals surface area contributed by atoms with Gasteiger partial charge in [-0.05, 0) is 23.3 Å². The molecule has 1 aliphatic rings. The minimum Gasteiger partial charge on any atom is -0.396 e. The van der Waals surface area contributed by atoms with Crippen molar-refractivity contribution in [3.05, 3.63) is 35.9 Å². The van der Waals surface area contributed by atoms with Gasteiger partial charge >= 0.3 is 0 Å². The van der Waals surface area contributed by atoms with Crippen LogP contribution in [0.3, 0.4) is 0 Å². The van der Waals surface area contributed by atoms with Crippen LogP contribution in [0.2, 0.25) is 0 Å². The summed E-state index contributed by atoms with van der Waals surface area (Å²) < 4.78 is 0. The van der Waals surface area contributed by atoms with Crippen molar-refractivity contribution in [3.63, 3.8) is 0 Å². The van der Waals surface area contributed by atoms with E-state index in [0.717, 1.165) is 12.0 Å². The number of aliphatic hydroxyl groups is 2. The summed E-state index contributed by atoms with van der Waals surface area (Å²) in [5.41, 5.74) is 0.893. The standard InChI is InChI=1S/C12H16O2/c1-12(8-13)7-10(12)11(14)9-5-3-2-4-6-9/h2-6,10-11,13-14H,7-8H2,1H3. The highest BCUT2D eigenvalue weighted by Crippen LogP contribution is 2.57. The van der Waals surface area contributed by atoms with Crippen LogP contribution in [0.25, 0.3) is 0 Å². The van der Waals surface area contributed by atoms with E-state index < -0.39 is 6.10 Å². The van der Waals surface area contributed by atoms with Crippen molar-refractivity contribution in [1.82, 2.24) is 0 Å². The topological polar surface area (TPSA) is 40.5 Å². The third-order valence-corrected chi connectivity index (χ3v) is 3.30. The van der Waals surface area contributed by atoms with Crippen LogP contribution in [0.15, 0.2) is 30.3 Å². The van der Waals surface area contributed by atoms with Crippen LogP contribution in [0.5, 0.6) is 0 Å². The highest BCUT2D eigenvalue weighted by Gasteiger charge is 2.53. The molecule has 1 aromatic rings. The molecule has 1 fully saturated rings. The number of benzene rings is 1. The van der Waals surface area contributed by atoms with Gasteiger partial charge in [0.1, 0.15) is 0 Å². The van der Waals surface area contributed by atoms with Gasteiger partial charge in [-0.25, -0.2) is 0 Å². The molecule has 0 aromatic heterocycles. The lowest BCUT2D eigenvalue weighted by molar-refractivity contribution is 0.115. The van der Waals surface area contributed by atoms with E-state index in [1.165, 1.54) is 0 Å². The maximum Gasteiger partial charge on any atom is 0.0824 e. The predicted molar refractivity (Wildman–Crippen MR) is 54.7 cm³/mol. The lowest BCUT2D eigenvalue weighted by Gasteiger charge is -2.13. The molecule has 2 heteroatoms. The summed E-state index contributed by atoms with van der Waals surface area (Å²) in [6.45, 7) is 2.19. The molecule has 0 saturated heterocycles. The van der Waals surface area contributed by atoms with Crippen molar-refractivity contribution < 1.29 is 10.2 Å². The van der Waals surface area contributed by atoms with Crippen LogP contribution >= 0.6 is 0 Å². The van der Waals surface area contributed by atoms with E-state index in [1.54, 1.807) is 0 Å². The molecule has 2 rings (SSSR count). The van der Waals surface area contributed by atoms with E-state index in [-0.39, 0.29) is 17.9 Å². The van der Waals surface area contributed by atoms with Crippen LogP contribution in [0.1, 0.15) is 25.0 Å². The van der Waals surface area contributed by atoms with Gasteiger partial charge in [0.25, 0.3) is 0 Å². The number of aliphatic hydroxyl groups excluding tert-OH is 2. The number of hydrogen-bond donors (Lipinski definition) is 2. The summed E-state index contributed by atoms with van der Waals surface area (Å²) in [7, 11) is 0. The Hall–Kier alpha value is -0.860. The van der Waals surface area contributed by atoms with Gasteiger partial charge in [0.15, 0.2) is 0 Å². The van der Waals surface area contributed by atoms with E-state index in [9.17, 15) is 5.11 Å². The fourth-order valence-corrected chi connectivity index (χ4v) is 2.00. The lowest BCUT2D eigenvalue weighted by Crippen LogP contribution is -2.10. The first-order chi connectivity index (χ1) is 6.67. The molecule has 0 aliphatic heterocycles. The van der Waals surface area contributed by atoms with E-state index in [0.29, 0.717) is 0 Å². The molecule has 76 valence electrons. The molecule has 2 nitrogen and oxygen atoms in total. The highest BCUT2D eigenvalue weighted by atomic mass is 16.3. The van der Waals surface area contributed by atoms with E-state index >= 15 is 0 Å². The molecule has 0 radical (unpaired) electrons. The Bertz CT molecular complexity index is 309. The molecule has 3 atom stereocenters.